The zero-order chi connectivity index (χ0) is 14.6. The summed E-state index contributed by atoms with van der Waals surface area (Å²) in [5.74, 6) is -1.26. The molecule has 0 radical (unpaired) electrons. The van der Waals surface area contributed by atoms with Gasteiger partial charge in [0.1, 0.15) is 11.6 Å². The second-order valence-corrected chi connectivity index (χ2v) is 4.41. The fourth-order valence-corrected chi connectivity index (χ4v) is 1.35. The van der Waals surface area contributed by atoms with Crippen molar-refractivity contribution >= 4 is 11.7 Å². The Morgan fingerprint density at radius 3 is 2.63 bits per heavy atom. The number of nitrogens with one attached hydrogen (secondary N) is 1. The van der Waals surface area contributed by atoms with Crippen LogP contribution >= 0.6 is 0 Å². The molecule has 104 valence electrons. The number of nitrogens with two attached hydrogens (primary N) is 1. The minimum atomic E-state index is -1.10. The number of halogens is 1. The molecule has 0 aliphatic rings. The van der Waals surface area contributed by atoms with E-state index in [0.29, 0.717) is 5.75 Å². The summed E-state index contributed by atoms with van der Waals surface area (Å²) in [5.41, 5.74) is 4.18. The van der Waals surface area contributed by atoms with E-state index in [0.717, 1.165) is 6.07 Å². The molecule has 1 amide bonds. The van der Waals surface area contributed by atoms with Crippen molar-refractivity contribution in [2.45, 2.75) is 19.4 Å². The minimum Gasteiger partial charge on any atom is -0.497 e. The van der Waals surface area contributed by atoms with Crippen molar-refractivity contribution in [2.24, 2.45) is 10.9 Å². The third kappa shape index (κ3) is 3.34. The highest BCUT2D eigenvalue weighted by molar-refractivity contribution is 6.00. The van der Waals surface area contributed by atoms with Gasteiger partial charge in [-0.15, -0.1) is 0 Å². The van der Waals surface area contributed by atoms with E-state index in [9.17, 15) is 9.18 Å². The van der Waals surface area contributed by atoms with Gasteiger partial charge >= 0.3 is 0 Å². The molecule has 0 atom stereocenters. The fourth-order valence-electron chi connectivity index (χ4n) is 1.35. The van der Waals surface area contributed by atoms with Crippen LogP contribution in [0.15, 0.2) is 23.4 Å². The zero-order valence-corrected chi connectivity index (χ0v) is 10.9. The molecule has 1 rings (SSSR count). The molecule has 0 unspecified atom stereocenters. The fraction of sp³-hybridized carbons (Fsp3) is 0.333. The Kier molecular flexibility index (Phi) is 4.31. The van der Waals surface area contributed by atoms with Gasteiger partial charge in [0.25, 0.3) is 5.91 Å². The third-order valence-corrected chi connectivity index (χ3v) is 2.59. The molecule has 4 N–H and O–H groups in total. The van der Waals surface area contributed by atoms with Crippen molar-refractivity contribution in [3.05, 3.63) is 29.6 Å². The van der Waals surface area contributed by atoms with Gasteiger partial charge in [0, 0.05) is 6.07 Å². The number of hydrogen-bond donors (Lipinski definition) is 3. The van der Waals surface area contributed by atoms with Gasteiger partial charge in [0.2, 0.25) is 0 Å². The number of methoxy groups -OCH3 is 1. The SMILES string of the molecule is COc1ccc(C(=O)NC(C)(C)/C(N)=N/O)c(F)c1. The summed E-state index contributed by atoms with van der Waals surface area (Å²) < 4.78 is 18.5. The Labute approximate surface area is 110 Å². The number of amides is 1. The zero-order valence-electron chi connectivity index (χ0n) is 10.9. The van der Waals surface area contributed by atoms with Gasteiger partial charge in [-0.05, 0) is 26.0 Å². The summed E-state index contributed by atoms with van der Waals surface area (Å²) in [4.78, 5) is 11.9. The van der Waals surface area contributed by atoms with Crippen molar-refractivity contribution in [3.8, 4) is 5.75 Å². The Bertz CT molecular complexity index is 515. The summed E-state index contributed by atoms with van der Waals surface area (Å²) in [5, 5.41) is 13.9. The van der Waals surface area contributed by atoms with Crippen LogP contribution in [0, 0.1) is 5.82 Å². The molecule has 0 spiro atoms. The first-order valence-electron chi connectivity index (χ1n) is 5.46. The predicted molar refractivity (Wildman–Crippen MR) is 67.9 cm³/mol. The number of oxime groups is 1. The standard InChI is InChI=1S/C12H16FN3O3/c1-12(2,11(14)16-18)15-10(17)8-5-4-7(19-3)6-9(8)13/h4-6,18H,1-3H3,(H2,14,16)(H,15,17). The monoisotopic (exact) mass is 269 g/mol. The molecule has 0 saturated heterocycles. The van der Waals surface area contributed by atoms with Crippen LogP contribution < -0.4 is 15.8 Å². The van der Waals surface area contributed by atoms with Crippen molar-refractivity contribution in [1.82, 2.24) is 5.32 Å². The van der Waals surface area contributed by atoms with E-state index in [1.807, 2.05) is 0 Å². The maximum absolute atomic E-state index is 13.7. The number of carbonyl (C=O) groups excluding carboxylic acids is 1. The van der Waals surface area contributed by atoms with Gasteiger partial charge in [-0.3, -0.25) is 4.79 Å². The number of hydrogen-bond acceptors (Lipinski definition) is 4. The summed E-state index contributed by atoms with van der Waals surface area (Å²) in [7, 11) is 1.40. The lowest BCUT2D eigenvalue weighted by Gasteiger charge is -2.24. The van der Waals surface area contributed by atoms with Gasteiger partial charge < -0.3 is 21.0 Å². The smallest absolute Gasteiger partial charge is 0.255 e. The molecule has 0 aromatic heterocycles. The highest BCUT2D eigenvalue weighted by Gasteiger charge is 2.27. The molecule has 0 aliphatic heterocycles. The molecule has 1 aromatic rings. The van der Waals surface area contributed by atoms with Crippen molar-refractivity contribution < 1.29 is 19.1 Å². The van der Waals surface area contributed by atoms with E-state index in [1.165, 1.54) is 33.1 Å². The number of nitrogens with zero attached hydrogens (tertiary/aromatic N) is 1. The maximum atomic E-state index is 13.7. The Morgan fingerprint density at radius 2 is 2.16 bits per heavy atom. The van der Waals surface area contributed by atoms with Crippen LogP contribution in [-0.4, -0.2) is 29.6 Å². The number of amidine groups is 1. The van der Waals surface area contributed by atoms with Crippen LogP contribution in [0.25, 0.3) is 0 Å². The molecule has 6 nitrogen and oxygen atoms in total. The van der Waals surface area contributed by atoms with E-state index < -0.39 is 17.3 Å². The van der Waals surface area contributed by atoms with E-state index in [1.54, 1.807) is 0 Å². The van der Waals surface area contributed by atoms with Crippen molar-refractivity contribution in [2.75, 3.05) is 7.11 Å². The van der Waals surface area contributed by atoms with Crippen LogP contribution in [0.4, 0.5) is 4.39 Å². The lowest BCUT2D eigenvalue weighted by atomic mass is 10.0. The highest BCUT2D eigenvalue weighted by Crippen LogP contribution is 2.17. The second-order valence-electron chi connectivity index (χ2n) is 4.41. The summed E-state index contributed by atoms with van der Waals surface area (Å²) in [6.45, 7) is 3.06. The van der Waals surface area contributed by atoms with Crippen molar-refractivity contribution in [3.63, 3.8) is 0 Å². The maximum Gasteiger partial charge on any atom is 0.255 e. The topological polar surface area (TPSA) is 96.9 Å². The van der Waals surface area contributed by atoms with Crippen LogP contribution in [-0.2, 0) is 0 Å². The van der Waals surface area contributed by atoms with Gasteiger partial charge in [0.05, 0.1) is 18.2 Å². The van der Waals surface area contributed by atoms with Gasteiger partial charge in [0.15, 0.2) is 5.84 Å². The molecule has 0 saturated carbocycles. The molecule has 0 heterocycles. The number of ether oxygens (including phenoxy) is 1. The first-order valence-corrected chi connectivity index (χ1v) is 5.46. The van der Waals surface area contributed by atoms with Gasteiger partial charge in [-0.2, -0.15) is 0 Å². The molecular formula is C12H16FN3O3. The molecule has 0 bridgehead atoms. The predicted octanol–water partition coefficient (Wildman–Crippen LogP) is 1.09. The lowest BCUT2D eigenvalue weighted by molar-refractivity contribution is 0.0926. The minimum absolute atomic E-state index is 0.153. The van der Waals surface area contributed by atoms with Crippen LogP contribution in [0.3, 0.4) is 0 Å². The van der Waals surface area contributed by atoms with E-state index in [2.05, 4.69) is 10.5 Å². The van der Waals surface area contributed by atoms with Crippen molar-refractivity contribution in [1.29, 1.82) is 0 Å². The van der Waals surface area contributed by atoms with E-state index in [4.69, 9.17) is 15.7 Å². The van der Waals surface area contributed by atoms with E-state index in [-0.39, 0.29) is 11.4 Å². The Balaban J connectivity index is 2.96. The Morgan fingerprint density at radius 1 is 1.53 bits per heavy atom. The van der Waals surface area contributed by atoms with Crippen LogP contribution in [0.2, 0.25) is 0 Å². The highest BCUT2D eigenvalue weighted by atomic mass is 19.1. The first kappa shape index (κ1) is 14.7. The van der Waals surface area contributed by atoms with Gasteiger partial charge in [-0.1, -0.05) is 5.16 Å². The normalized spacial score (nSPS) is 12.1. The Hall–Kier alpha value is -2.31. The molecule has 0 aliphatic carbocycles. The summed E-state index contributed by atoms with van der Waals surface area (Å²) in [6, 6.07) is 3.87. The molecule has 7 heteroatoms. The second kappa shape index (κ2) is 5.55. The first-order chi connectivity index (χ1) is 8.81. The molecular weight excluding hydrogens is 253 g/mol. The quantitative estimate of drug-likeness (QED) is 0.330. The lowest BCUT2D eigenvalue weighted by Crippen LogP contribution is -2.53. The van der Waals surface area contributed by atoms with Crippen LogP contribution in [0.5, 0.6) is 5.75 Å². The van der Waals surface area contributed by atoms with E-state index >= 15 is 0 Å². The summed E-state index contributed by atoms with van der Waals surface area (Å²) >= 11 is 0. The number of carbonyl (C=O) groups is 1. The largest absolute Gasteiger partial charge is 0.497 e. The molecule has 19 heavy (non-hydrogen) atoms. The van der Waals surface area contributed by atoms with Gasteiger partial charge in [-0.25, -0.2) is 4.39 Å². The average Bonchev–Trinajstić information content (AvgIpc) is 2.36. The molecule has 1 aromatic carbocycles. The number of benzene rings is 1. The van der Waals surface area contributed by atoms with Crippen LogP contribution in [0.1, 0.15) is 24.2 Å². The summed E-state index contributed by atoms with van der Waals surface area (Å²) in [6.07, 6.45) is 0. The number of rotatable bonds is 4. The average molecular weight is 269 g/mol. The third-order valence-electron chi connectivity index (χ3n) is 2.59. The molecule has 0 fully saturated rings.